The van der Waals surface area contributed by atoms with Gasteiger partial charge in [0.25, 0.3) is 0 Å². The molecule has 0 aromatic heterocycles. The minimum atomic E-state index is 0.221. The van der Waals surface area contributed by atoms with E-state index in [9.17, 15) is 5.26 Å². The van der Waals surface area contributed by atoms with E-state index < -0.39 is 0 Å². The molecule has 2 aromatic rings. The quantitative estimate of drug-likeness (QED) is 0.763. The topological polar surface area (TPSA) is 30.3 Å². The summed E-state index contributed by atoms with van der Waals surface area (Å²) in [6.45, 7) is 10.9. The highest BCUT2D eigenvalue weighted by Gasteiger charge is 2.33. The van der Waals surface area contributed by atoms with Gasteiger partial charge in [-0.3, -0.25) is 0 Å². The molecule has 0 aliphatic carbocycles. The van der Waals surface area contributed by atoms with Crippen molar-refractivity contribution in [3.63, 3.8) is 0 Å². The smallest absolute Gasteiger partial charge is 0.103 e. The highest BCUT2D eigenvalue weighted by molar-refractivity contribution is 5.86. The van der Waals surface area contributed by atoms with Crippen LogP contribution in [0.15, 0.2) is 24.3 Å². The molecular weight excluding hydrogens is 282 g/mol. The van der Waals surface area contributed by atoms with Crippen LogP contribution in [0.25, 0.3) is 0 Å². The minimum absolute atomic E-state index is 0.221. The number of anilines is 3. The molecule has 1 heterocycles. The van der Waals surface area contributed by atoms with E-state index in [2.05, 4.69) is 69.7 Å². The van der Waals surface area contributed by atoms with Gasteiger partial charge < -0.3 is 9.80 Å². The van der Waals surface area contributed by atoms with Gasteiger partial charge in [-0.2, -0.15) is 5.26 Å². The van der Waals surface area contributed by atoms with Crippen molar-refractivity contribution < 1.29 is 0 Å². The number of aryl methyl sites for hydroxylation is 2. The molecule has 0 saturated heterocycles. The Morgan fingerprint density at radius 3 is 2.30 bits per heavy atom. The van der Waals surface area contributed by atoms with Crippen molar-refractivity contribution in [2.75, 3.05) is 16.8 Å². The van der Waals surface area contributed by atoms with Gasteiger partial charge in [-0.1, -0.05) is 6.07 Å². The van der Waals surface area contributed by atoms with Crippen LogP contribution in [0.1, 0.15) is 34.7 Å². The second kappa shape index (κ2) is 5.31. The van der Waals surface area contributed by atoms with Crippen LogP contribution in [0, 0.1) is 39.0 Å². The zero-order chi connectivity index (χ0) is 16.9. The first-order valence-electron chi connectivity index (χ1n) is 8.00. The molecule has 3 heteroatoms. The Labute approximate surface area is 138 Å². The Balaban J connectivity index is 2.27. The molecule has 3 nitrogen and oxygen atoms in total. The maximum absolute atomic E-state index is 9.27. The molecule has 0 bridgehead atoms. The Morgan fingerprint density at radius 2 is 1.65 bits per heavy atom. The first-order chi connectivity index (χ1) is 10.9. The molecule has 1 aliphatic rings. The van der Waals surface area contributed by atoms with Crippen LogP contribution < -0.4 is 9.80 Å². The molecule has 0 saturated carbocycles. The predicted molar refractivity (Wildman–Crippen MR) is 96.6 cm³/mol. The highest BCUT2D eigenvalue weighted by Crippen LogP contribution is 2.46. The molecule has 118 valence electrons. The molecule has 0 radical (unpaired) electrons. The van der Waals surface area contributed by atoms with Crippen LogP contribution in [0.3, 0.4) is 0 Å². The van der Waals surface area contributed by atoms with Crippen LogP contribution in [-0.4, -0.2) is 13.2 Å². The number of nitriles is 1. The molecule has 0 spiro atoms. The van der Waals surface area contributed by atoms with Crippen LogP contribution in [0.5, 0.6) is 0 Å². The molecule has 0 amide bonds. The van der Waals surface area contributed by atoms with Gasteiger partial charge in [0.15, 0.2) is 0 Å². The van der Waals surface area contributed by atoms with Gasteiger partial charge in [-0.05, 0) is 75.1 Å². The van der Waals surface area contributed by atoms with Crippen molar-refractivity contribution in [3.05, 3.63) is 52.1 Å². The third kappa shape index (κ3) is 2.17. The molecular formula is C20H23N3. The van der Waals surface area contributed by atoms with Gasteiger partial charge in [-0.15, -0.1) is 0 Å². The van der Waals surface area contributed by atoms with Crippen molar-refractivity contribution in [1.29, 1.82) is 5.26 Å². The number of nitrogens with zero attached hydrogens (tertiary/aromatic N) is 3. The second-order valence-corrected chi connectivity index (χ2v) is 6.54. The Bertz CT molecular complexity index is 830. The van der Waals surface area contributed by atoms with Gasteiger partial charge in [0.05, 0.1) is 23.0 Å². The van der Waals surface area contributed by atoms with Crippen molar-refractivity contribution >= 4 is 17.1 Å². The summed E-state index contributed by atoms with van der Waals surface area (Å²) in [4.78, 5) is 4.64. The molecule has 3 rings (SSSR count). The fourth-order valence-electron chi connectivity index (χ4n) is 3.61. The number of benzene rings is 2. The zero-order valence-corrected chi connectivity index (χ0v) is 14.7. The van der Waals surface area contributed by atoms with E-state index in [1.54, 1.807) is 0 Å². The SMILES string of the molecule is Cc1cc(C)c(N2c3cc(C#N)ccc3N(C)[C@@H]2C)c(C)c1C. The fourth-order valence-corrected chi connectivity index (χ4v) is 3.61. The summed E-state index contributed by atoms with van der Waals surface area (Å²) >= 11 is 0. The van der Waals surface area contributed by atoms with Gasteiger partial charge in [-0.25, -0.2) is 0 Å². The van der Waals surface area contributed by atoms with E-state index in [1.807, 2.05) is 12.1 Å². The third-order valence-electron chi connectivity index (χ3n) is 5.23. The summed E-state index contributed by atoms with van der Waals surface area (Å²) in [6, 6.07) is 10.5. The van der Waals surface area contributed by atoms with Gasteiger partial charge in [0.2, 0.25) is 0 Å². The zero-order valence-electron chi connectivity index (χ0n) is 14.7. The number of rotatable bonds is 1. The molecule has 0 N–H and O–H groups in total. The average molecular weight is 305 g/mol. The van der Waals surface area contributed by atoms with Crippen LogP contribution in [0.2, 0.25) is 0 Å². The lowest BCUT2D eigenvalue weighted by Gasteiger charge is -2.31. The van der Waals surface area contributed by atoms with Crippen LogP contribution in [-0.2, 0) is 0 Å². The summed E-state index contributed by atoms with van der Waals surface area (Å²) in [5.74, 6) is 0. The largest absolute Gasteiger partial charge is 0.353 e. The summed E-state index contributed by atoms with van der Waals surface area (Å²) in [5, 5.41) is 9.27. The van der Waals surface area contributed by atoms with Crippen molar-refractivity contribution in [2.45, 2.75) is 40.8 Å². The van der Waals surface area contributed by atoms with E-state index in [0.717, 1.165) is 5.69 Å². The van der Waals surface area contributed by atoms with Crippen molar-refractivity contribution in [2.24, 2.45) is 0 Å². The first-order valence-corrected chi connectivity index (χ1v) is 8.00. The molecule has 1 aliphatic heterocycles. The average Bonchev–Trinajstić information content (AvgIpc) is 2.77. The summed E-state index contributed by atoms with van der Waals surface area (Å²) in [6.07, 6.45) is 0.221. The van der Waals surface area contributed by atoms with E-state index in [4.69, 9.17) is 0 Å². The van der Waals surface area contributed by atoms with Gasteiger partial charge in [0.1, 0.15) is 6.17 Å². The molecule has 2 aromatic carbocycles. The third-order valence-corrected chi connectivity index (χ3v) is 5.23. The number of hydrogen-bond donors (Lipinski definition) is 0. The lowest BCUT2D eigenvalue weighted by atomic mass is 9.97. The number of hydrogen-bond acceptors (Lipinski definition) is 3. The van der Waals surface area contributed by atoms with Gasteiger partial charge >= 0.3 is 0 Å². The van der Waals surface area contributed by atoms with E-state index in [-0.39, 0.29) is 6.17 Å². The first kappa shape index (κ1) is 15.4. The van der Waals surface area contributed by atoms with Crippen LogP contribution >= 0.6 is 0 Å². The lowest BCUT2D eigenvalue weighted by molar-refractivity contribution is 0.730. The minimum Gasteiger partial charge on any atom is -0.353 e. The van der Waals surface area contributed by atoms with E-state index in [1.165, 1.54) is 33.6 Å². The van der Waals surface area contributed by atoms with E-state index in [0.29, 0.717) is 5.56 Å². The predicted octanol–water partition coefficient (Wildman–Crippen LogP) is 4.73. The van der Waals surface area contributed by atoms with Gasteiger partial charge in [0, 0.05) is 12.7 Å². The lowest BCUT2D eigenvalue weighted by Crippen LogP contribution is -2.36. The number of fused-ring (bicyclic) bond motifs is 1. The Kier molecular flexibility index (Phi) is 3.56. The summed E-state index contributed by atoms with van der Waals surface area (Å²) in [5.41, 5.74) is 9.53. The Hall–Kier alpha value is -2.47. The Morgan fingerprint density at radius 1 is 0.957 bits per heavy atom. The van der Waals surface area contributed by atoms with Crippen LogP contribution in [0.4, 0.5) is 17.1 Å². The monoisotopic (exact) mass is 305 g/mol. The summed E-state index contributed by atoms with van der Waals surface area (Å²) in [7, 11) is 2.11. The van der Waals surface area contributed by atoms with Crippen molar-refractivity contribution in [3.8, 4) is 6.07 Å². The fraction of sp³-hybridized carbons (Fsp3) is 0.350. The maximum atomic E-state index is 9.27. The molecule has 1 atom stereocenters. The van der Waals surface area contributed by atoms with Crippen molar-refractivity contribution in [1.82, 2.24) is 0 Å². The molecule has 0 fully saturated rings. The molecule has 23 heavy (non-hydrogen) atoms. The highest BCUT2D eigenvalue weighted by atomic mass is 15.4. The standard InChI is InChI=1S/C20H23N3/c1-12-9-13(2)20(15(4)14(12)3)23-16(5)22(6)18-8-7-17(11-21)10-19(18)23/h7-10,16H,1-6H3/t16-/m0/s1. The normalized spacial score (nSPS) is 16.5. The van der Waals surface area contributed by atoms with E-state index >= 15 is 0 Å². The summed E-state index contributed by atoms with van der Waals surface area (Å²) < 4.78 is 0. The molecule has 0 unspecified atom stereocenters. The second-order valence-electron chi connectivity index (χ2n) is 6.54. The maximum Gasteiger partial charge on any atom is 0.103 e.